The van der Waals surface area contributed by atoms with Gasteiger partial charge < -0.3 is 9.64 Å². The topological polar surface area (TPSA) is 78.1 Å². The average Bonchev–Trinajstić information content (AvgIpc) is 3.12. The molecule has 0 aromatic carbocycles. The van der Waals surface area contributed by atoms with Crippen molar-refractivity contribution < 1.29 is 9.53 Å². The SMILES string of the molecule is CCn1nc2c(c1C(=O)N1CCCn3nncc3C1)C[C@H](C)O[C@@H]2C. The number of hydrogen-bond acceptors (Lipinski definition) is 5. The molecule has 2 aliphatic heterocycles. The van der Waals surface area contributed by atoms with Gasteiger partial charge in [0.2, 0.25) is 0 Å². The monoisotopic (exact) mass is 344 g/mol. The quantitative estimate of drug-likeness (QED) is 0.826. The molecular weight excluding hydrogens is 320 g/mol. The molecule has 0 unspecified atom stereocenters. The second-order valence-corrected chi connectivity index (χ2v) is 6.85. The maximum atomic E-state index is 13.4. The van der Waals surface area contributed by atoms with Crippen LogP contribution in [0.5, 0.6) is 0 Å². The Hall–Kier alpha value is -2.22. The van der Waals surface area contributed by atoms with Gasteiger partial charge in [0, 0.05) is 31.6 Å². The molecule has 8 heteroatoms. The molecule has 2 aromatic heterocycles. The van der Waals surface area contributed by atoms with Crippen molar-refractivity contribution in [3.05, 3.63) is 28.8 Å². The van der Waals surface area contributed by atoms with Crippen molar-refractivity contribution >= 4 is 5.91 Å². The number of nitrogens with zero attached hydrogens (tertiary/aromatic N) is 6. The molecule has 0 saturated heterocycles. The summed E-state index contributed by atoms with van der Waals surface area (Å²) in [5.74, 6) is 0.0477. The minimum atomic E-state index is -0.0761. The Bertz CT molecular complexity index is 795. The molecule has 0 bridgehead atoms. The maximum Gasteiger partial charge on any atom is 0.272 e. The highest BCUT2D eigenvalue weighted by molar-refractivity contribution is 5.94. The van der Waals surface area contributed by atoms with Gasteiger partial charge >= 0.3 is 0 Å². The fourth-order valence-corrected chi connectivity index (χ4v) is 3.86. The molecule has 2 aliphatic rings. The molecule has 1 amide bonds. The van der Waals surface area contributed by atoms with E-state index in [1.54, 1.807) is 6.20 Å². The summed E-state index contributed by atoms with van der Waals surface area (Å²) in [5.41, 5.74) is 3.66. The molecular formula is C17H24N6O2. The van der Waals surface area contributed by atoms with Gasteiger partial charge in [-0.3, -0.25) is 9.48 Å². The van der Waals surface area contributed by atoms with Crippen molar-refractivity contribution in [2.75, 3.05) is 6.54 Å². The van der Waals surface area contributed by atoms with Crippen LogP contribution in [0.1, 0.15) is 60.7 Å². The third-order valence-electron chi connectivity index (χ3n) is 5.03. The molecule has 8 nitrogen and oxygen atoms in total. The molecule has 0 spiro atoms. The van der Waals surface area contributed by atoms with E-state index >= 15 is 0 Å². The highest BCUT2D eigenvalue weighted by atomic mass is 16.5. The molecule has 0 N–H and O–H groups in total. The Balaban J connectivity index is 1.71. The molecule has 25 heavy (non-hydrogen) atoms. The van der Waals surface area contributed by atoms with E-state index in [9.17, 15) is 4.79 Å². The van der Waals surface area contributed by atoms with Crippen molar-refractivity contribution in [1.29, 1.82) is 0 Å². The van der Waals surface area contributed by atoms with Crippen molar-refractivity contribution in [3.63, 3.8) is 0 Å². The predicted octanol–water partition coefficient (Wildman–Crippen LogP) is 1.56. The van der Waals surface area contributed by atoms with E-state index < -0.39 is 0 Å². The zero-order valence-electron chi connectivity index (χ0n) is 15.0. The third-order valence-corrected chi connectivity index (χ3v) is 5.03. The summed E-state index contributed by atoms with van der Waals surface area (Å²) in [7, 11) is 0. The molecule has 2 atom stereocenters. The van der Waals surface area contributed by atoms with E-state index in [0.29, 0.717) is 19.6 Å². The number of carbonyl (C=O) groups excluding carboxylic acids is 1. The molecule has 134 valence electrons. The first-order chi connectivity index (χ1) is 12.1. The molecule has 0 radical (unpaired) electrons. The van der Waals surface area contributed by atoms with E-state index in [0.717, 1.165) is 42.0 Å². The zero-order valence-corrected chi connectivity index (χ0v) is 15.0. The minimum absolute atomic E-state index is 0.0477. The minimum Gasteiger partial charge on any atom is -0.369 e. The summed E-state index contributed by atoms with van der Waals surface area (Å²) < 4.78 is 9.61. The van der Waals surface area contributed by atoms with E-state index in [1.165, 1.54) is 0 Å². The van der Waals surface area contributed by atoms with Gasteiger partial charge in [-0.05, 0) is 27.2 Å². The van der Waals surface area contributed by atoms with Crippen molar-refractivity contribution in [2.24, 2.45) is 0 Å². The van der Waals surface area contributed by atoms with Crippen molar-refractivity contribution in [3.8, 4) is 0 Å². The second-order valence-electron chi connectivity index (χ2n) is 6.85. The van der Waals surface area contributed by atoms with Crippen LogP contribution in [0.15, 0.2) is 6.20 Å². The summed E-state index contributed by atoms with van der Waals surface area (Å²) in [6, 6.07) is 0. The number of amides is 1. The van der Waals surface area contributed by atoms with Crippen LogP contribution >= 0.6 is 0 Å². The lowest BCUT2D eigenvalue weighted by Crippen LogP contribution is -2.34. The Morgan fingerprint density at radius 1 is 1.36 bits per heavy atom. The fourth-order valence-electron chi connectivity index (χ4n) is 3.86. The lowest BCUT2D eigenvalue weighted by molar-refractivity contribution is -0.00716. The lowest BCUT2D eigenvalue weighted by atomic mass is 9.99. The van der Waals surface area contributed by atoms with E-state index in [4.69, 9.17) is 4.74 Å². The highest BCUT2D eigenvalue weighted by Gasteiger charge is 2.34. The Morgan fingerprint density at radius 3 is 3.00 bits per heavy atom. The summed E-state index contributed by atoms with van der Waals surface area (Å²) in [6.45, 7) is 8.80. The summed E-state index contributed by atoms with van der Waals surface area (Å²) >= 11 is 0. The van der Waals surface area contributed by atoms with Gasteiger partial charge in [0.05, 0.1) is 36.3 Å². The summed E-state index contributed by atoms with van der Waals surface area (Å²) in [5, 5.41) is 12.7. The summed E-state index contributed by atoms with van der Waals surface area (Å²) in [4.78, 5) is 15.3. The normalized spacial score (nSPS) is 23.1. The van der Waals surface area contributed by atoms with Gasteiger partial charge in [-0.15, -0.1) is 5.10 Å². The predicted molar refractivity (Wildman–Crippen MR) is 89.9 cm³/mol. The highest BCUT2D eigenvalue weighted by Crippen LogP contribution is 2.32. The second kappa shape index (κ2) is 6.25. The average molecular weight is 344 g/mol. The number of carbonyl (C=O) groups is 1. The van der Waals surface area contributed by atoms with Crippen LogP contribution in [0.4, 0.5) is 0 Å². The molecule has 0 fully saturated rings. The number of rotatable bonds is 2. The van der Waals surface area contributed by atoms with Crippen LogP contribution in [0, 0.1) is 0 Å². The van der Waals surface area contributed by atoms with Crippen LogP contribution in [0.2, 0.25) is 0 Å². The number of aryl methyl sites for hydroxylation is 2. The number of aromatic nitrogens is 5. The Labute approximate surface area is 146 Å². The van der Waals surface area contributed by atoms with Crippen LogP contribution in [0.3, 0.4) is 0 Å². The van der Waals surface area contributed by atoms with Gasteiger partial charge in [-0.2, -0.15) is 5.10 Å². The third kappa shape index (κ3) is 2.74. The van der Waals surface area contributed by atoms with Gasteiger partial charge in [-0.25, -0.2) is 4.68 Å². The smallest absolute Gasteiger partial charge is 0.272 e. The zero-order chi connectivity index (χ0) is 17.6. The molecule has 4 rings (SSSR count). The van der Waals surface area contributed by atoms with Gasteiger partial charge in [0.1, 0.15) is 5.69 Å². The van der Waals surface area contributed by atoms with Crippen LogP contribution in [-0.4, -0.2) is 48.2 Å². The largest absolute Gasteiger partial charge is 0.369 e. The first-order valence-electron chi connectivity index (χ1n) is 9.00. The Morgan fingerprint density at radius 2 is 2.20 bits per heavy atom. The standard InChI is InChI=1S/C17H24N6O2/c1-4-22-16(14-8-11(2)25-12(3)15(14)19-22)17(24)21-6-5-7-23-13(10-21)9-18-20-23/h9,11-12H,4-8,10H2,1-3H3/t11-,12+/m0/s1. The fraction of sp³-hybridized carbons (Fsp3) is 0.647. The van der Waals surface area contributed by atoms with Crippen LogP contribution in [-0.2, 0) is 30.8 Å². The van der Waals surface area contributed by atoms with E-state index in [2.05, 4.69) is 15.4 Å². The van der Waals surface area contributed by atoms with Gasteiger partial charge in [-0.1, -0.05) is 5.21 Å². The first kappa shape index (κ1) is 16.3. The van der Waals surface area contributed by atoms with Gasteiger partial charge in [0.25, 0.3) is 5.91 Å². The number of fused-ring (bicyclic) bond motifs is 2. The van der Waals surface area contributed by atoms with E-state index in [1.807, 2.05) is 35.0 Å². The van der Waals surface area contributed by atoms with Crippen LogP contribution < -0.4 is 0 Å². The lowest BCUT2D eigenvalue weighted by Gasteiger charge is -2.26. The molecule has 0 saturated carbocycles. The van der Waals surface area contributed by atoms with Crippen molar-refractivity contribution in [1.82, 2.24) is 29.7 Å². The van der Waals surface area contributed by atoms with Crippen molar-refractivity contribution in [2.45, 2.75) is 65.5 Å². The number of ether oxygens (including phenoxy) is 1. The number of hydrogen-bond donors (Lipinski definition) is 0. The molecule has 2 aromatic rings. The first-order valence-corrected chi connectivity index (χ1v) is 9.00. The Kier molecular flexibility index (Phi) is 4.07. The van der Waals surface area contributed by atoms with Gasteiger partial charge in [0.15, 0.2) is 0 Å². The molecule has 4 heterocycles. The van der Waals surface area contributed by atoms with Crippen LogP contribution in [0.25, 0.3) is 0 Å². The summed E-state index contributed by atoms with van der Waals surface area (Å²) in [6.07, 6.45) is 3.37. The van der Waals surface area contributed by atoms with E-state index in [-0.39, 0.29) is 18.1 Å². The molecule has 0 aliphatic carbocycles. The maximum absolute atomic E-state index is 13.4.